The number of hydrogen-bond donors (Lipinski definition) is 1. The Morgan fingerprint density at radius 2 is 2.21 bits per heavy atom. The van der Waals surface area contributed by atoms with Crippen LogP contribution in [0, 0.1) is 17.2 Å². The van der Waals surface area contributed by atoms with Crippen LogP contribution in [0.3, 0.4) is 0 Å². The Kier molecular flexibility index (Phi) is 3.86. The fourth-order valence-corrected chi connectivity index (χ4v) is 1.11. The van der Waals surface area contributed by atoms with Gasteiger partial charge in [0.15, 0.2) is 0 Å². The quantitative estimate of drug-likeness (QED) is 0.733. The molecule has 0 amide bonds. The molecule has 4 heteroatoms. The van der Waals surface area contributed by atoms with Crippen molar-refractivity contribution in [1.29, 1.82) is 5.26 Å². The van der Waals surface area contributed by atoms with E-state index in [1.54, 1.807) is 0 Å². The molecule has 0 atom stereocenters. The summed E-state index contributed by atoms with van der Waals surface area (Å²) >= 11 is 0. The van der Waals surface area contributed by atoms with E-state index in [9.17, 15) is 0 Å². The minimum atomic E-state index is 0.262. The summed E-state index contributed by atoms with van der Waals surface area (Å²) in [6, 6.07) is 5.77. The van der Waals surface area contributed by atoms with Crippen molar-refractivity contribution in [2.45, 2.75) is 20.3 Å². The number of nitrogens with one attached hydrogen (secondary N) is 1. The molecule has 0 fully saturated rings. The first-order chi connectivity index (χ1) is 6.72. The fourth-order valence-electron chi connectivity index (χ4n) is 1.11. The van der Waals surface area contributed by atoms with Crippen LogP contribution in [-0.4, -0.2) is 16.7 Å². The van der Waals surface area contributed by atoms with Crippen molar-refractivity contribution in [3.05, 3.63) is 17.8 Å². The molecule has 1 rings (SSSR count). The van der Waals surface area contributed by atoms with E-state index >= 15 is 0 Å². The molecule has 0 saturated heterocycles. The van der Waals surface area contributed by atoms with Gasteiger partial charge in [0, 0.05) is 0 Å². The van der Waals surface area contributed by atoms with Crippen molar-refractivity contribution in [2.75, 3.05) is 11.9 Å². The van der Waals surface area contributed by atoms with Crippen molar-refractivity contribution in [3.8, 4) is 6.07 Å². The largest absolute Gasteiger partial charge is 0.356 e. The Balaban J connectivity index is 2.56. The van der Waals surface area contributed by atoms with E-state index in [0.717, 1.165) is 12.1 Å². The molecule has 74 valence electrons. The van der Waals surface area contributed by atoms with Gasteiger partial charge in [-0.15, -0.1) is 5.10 Å². The Labute approximate surface area is 84.0 Å². The second-order valence-electron chi connectivity index (χ2n) is 3.52. The number of hydrogen-bond acceptors (Lipinski definition) is 4. The third-order valence-corrected chi connectivity index (χ3v) is 1.69. The van der Waals surface area contributed by atoms with E-state index in [1.807, 2.05) is 18.2 Å². The Morgan fingerprint density at radius 1 is 1.43 bits per heavy atom. The van der Waals surface area contributed by atoms with Crippen LogP contribution >= 0.6 is 0 Å². The SMILES string of the molecule is CC(C)Cc1ccc(NCC#N)nn1. The van der Waals surface area contributed by atoms with Crippen LogP contribution in [-0.2, 0) is 6.42 Å². The summed E-state index contributed by atoms with van der Waals surface area (Å²) in [4.78, 5) is 0. The highest BCUT2D eigenvalue weighted by Gasteiger charge is 2.00. The van der Waals surface area contributed by atoms with Crippen molar-refractivity contribution in [3.63, 3.8) is 0 Å². The summed E-state index contributed by atoms with van der Waals surface area (Å²) < 4.78 is 0. The molecule has 1 aromatic heterocycles. The lowest BCUT2D eigenvalue weighted by Crippen LogP contribution is -2.04. The van der Waals surface area contributed by atoms with Crippen molar-refractivity contribution >= 4 is 5.82 Å². The molecule has 0 unspecified atom stereocenters. The van der Waals surface area contributed by atoms with Gasteiger partial charge in [0.05, 0.1) is 11.8 Å². The highest BCUT2D eigenvalue weighted by Crippen LogP contribution is 2.06. The molecule has 14 heavy (non-hydrogen) atoms. The zero-order valence-electron chi connectivity index (χ0n) is 8.49. The lowest BCUT2D eigenvalue weighted by atomic mass is 10.1. The summed E-state index contributed by atoms with van der Waals surface area (Å²) in [5.41, 5.74) is 0.988. The first-order valence-electron chi connectivity index (χ1n) is 4.66. The summed E-state index contributed by atoms with van der Waals surface area (Å²) in [5.74, 6) is 1.24. The summed E-state index contributed by atoms with van der Waals surface area (Å²) in [5, 5.41) is 19.2. The van der Waals surface area contributed by atoms with Crippen LogP contribution in [0.4, 0.5) is 5.82 Å². The predicted octanol–water partition coefficient (Wildman–Crippen LogP) is 1.61. The Hall–Kier alpha value is -1.63. The highest BCUT2D eigenvalue weighted by molar-refractivity contribution is 5.33. The van der Waals surface area contributed by atoms with Gasteiger partial charge in [-0.1, -0.05) is 13.8 Å². The van der Waals surface area contributed by atoms with E-state index in [-0.39, 0.29) is 6.54 Å². The number of anilines is 1. The number of rotatable bonds is 4. The van der Waals surface area contributed by atoms with Crippen molar-refractivity contribution in [1.82, 2.24) is 10.2 Å². The maximum atomic E-state index is 8.34. The van der Waals surface area contributed by atoms with E-state index in [4.69, 9.17) is 5.26 Å². The molecule has 0 aliphatic heterocycles. The van der Waals surface area contributed by atoms with E-state index in [0.29, 0.717) is 11.7 Å². The monoisotopic (exact) mass is 190 g/mol. The molecule has 4 nitrogen and oxygen atoms in total. The predicted molar refractivity (Wildman–Crippen MR) is 54.7 cm³/mol. The van der Waals surface area contributed by atoms with Crippen LogP contribution in [0.25, 0.3) is 0 Å². The normalized spacial score (nSPS) is 9.86. The summed E-state index contributed by atoms with van der Waals surface area (Å²) in [7, 11) is 0. The van der Waals surface area contributed by atoms with E-state index in [2.05, 4.69) is 29.4 Å². The number of nitriles is 1. The van der Waals surface area contributed by atoms with Gasteiger partial charge in [0.2, 0.25) is 0 Å². The lowest BCUT2D eigenvalue weighted by Gasteiger charge is -2.04. The van der Waals surface area contributed by atoms with Crippen LogP contribution in [0.2, 0.25) is 0 Å². The van der Waals surface area contributed by atoms with Gasteiger partial charge in [-0.2, -0.15) is 10.4 Å². The zero-order valence-corrected chi connectivity index (χ0v) is 8.49. The molecule has 0 spiro atoms. The molecule has 0 radical (unpaired) electrons. The maximum absolute atomic E-state index is 8.34. The van der Waals surface area contributed by atoms with Gasteiger partial charge in [-0.3, -0.25) is 0 Å². The second-order valence-corrected chi connectivity index (χ2v) is 3.52. The zero-order chi connectivity index (χ0) is 10.4. The maximum Gasteiger partial charge on any atom is 0.149 e. The van der Waals surface area contributed by atoms with Crippen LogP contribution in [0.5, 0.6) is 0 Å². The highest BCUT2D eigenvalue weighted by atomic mass is 15.2. The Bertz CT molecular complexity index is 310. The van der Waals surface area contributed by atoms with Crippen LogP contribution in [0.1, 0.15) is 19.5 Å². The van der Waals surface area contributed by atoms with Crippen molar-refractivity contribution < 1.29 is 0 Å². The van der Waals surface area contributed by atoms with Gasteiger partial charge >= 0.3 is 0 Å². The van der Waals surface area contributed by atoms with Gasteiger partial charge in [0.1, 0.15) is 12.4 Å². The molecule has 0 saturated carbocycles. The summed E-state index contributed by atoms with van der Waals surface area (Å²) in [6.45, 7) is 4.55. The molecule has 0 bridgehead atoms. The van der Waals surface area contributed by atoms with Crippen molar-refractivity contribution in [2.24, 2.45) is 5.92 Å². The molecule has 0 aromatic carbocycles. The molecular formula is C10H14N4. The third kappa shape index (κ3) is 3.40. The van der Waals surface area contributed by atoms with E-state index < -0.39 is 0 Å². The van der Waals surface area contributed by atoms with Crippen LogP contribution in [0.15, 0.2) is 12.1 Å². The molecule has 0 aliphatic carbocycles. The average Bonchev–Trinajstić information content (AvgIpc) is 2.16. The lowest BCUT2D eigenvalue weighted by molar-refractivity contribution is 0.628. The fraction of sp³-hybridized carbons (Fsp3) is 0.500. The standard InChI is InChI=1S/C10H14N4/c1-8(2)7-9-3-4-10(14-13-9)12-6-5-11/h3-4,8H,6-7H2,1-2H3,(H,12,14). The van der Waals surface area contributed by atoms with Crippen LogP contribution < -0.4 is 5.32 Å². The number of aromatic nitrogens is 2. The molecule has 1 aromatic rings. The summed E-state index contributed by atoms with van der Waals surface area (Å²) in [6.07, 6.45) is 0.936. The smallest absolute Gasteiger partial charge is 0.149 e. The first-order valence-corrected chi connectivity index (χ1v) is 4.66. The van der Waals surface area contributed by atoms with E-state index in [1.165, 1.54) is 0 Å². The van der Waals surface area contributed by atoms with Gasteiger partial charge in [-0.25, -0.2) is 0 Å². The topological polar surface area (TPSA) is 61.6 Å². The molecule has 0 aliphatic rings. The number of nitrogens with zero attached hydrogens (tertiary/aromatic N) is 3. The molecular weight excluding hydrogens is 176 g/mol. The van der Waals surface area contributed by atoms with Gasteiger partial charge in [0.25, 0.3) is 0 Å². The molecule has 1 heterocycles. The van der Waals surface area contributed by atoms with Gasteiger partial charge < -0.3 is 5.32 Å². The second kappa shape index (κ2) is 5.18. The molecule has 1 N–H and O–H groups in total. The third-order valence-electron chi connectivity index (χ3n) is 1.69. The minimum Gasteiger partial charge on any atom is -0.356 e. The Morgan fingerprint density at radius 3 is 2.71 bits per heavy atom. The first kappa shape index (κ1) is 10.5. The van der Waals surface area contributed by atoms with Gasteiger partial charge in [-0.05, 0) is 24.5 Å². The average molecular weight is 190 g/mol. The minimum absolute atomic E-state index is 0.262.